The molecule has 1 saturated heterocycles. The number of halogens is 1. The quantitative estimate of drug-likeness (QED) is 0.335. The summed E-state index contributed by atoms with van der Waals surface area (Å²) >= 11 is 7.68. The molecule has 1 aromatic heterocycles. The van der Waals surface area contributed by atoms with E-state index in [9.17, 15) is 13.2 Å². The van der Waals surface area contributed by atoms with Crippen LogP contribution in [-0.4, -0.2) is 62.5 Å². The molecule has 2 aliphatic rings. The second-order valence-corrected chi connectivity index (χ2v) is 13.5. The van der Waals surface area contributed by atoms with Crippen molar-refractivity contribution >= 4 is 38.9 Å². The van der Waals surface area contributed by atoms with Gasteiger partial charge in [0.05, 0.1) is 23.6 Å². The third kappa shape index (κ3) is 6.33. The molecule has 2 atom stereocenters. The number of carbonyl (C=O) groups is 1. The summed E-state index contributed by atoms with van der Waals surface area (Å²) in [4.78, 5) is 17.0. The Bertz CT molecular complexity index is 1420. The Kier molecular flexibility index (Phi) is 8.63. The van der Waals surface area contributed by atoms with E-state index in [0.717, 1.165) is 41.7 Å². The summed E-state index contributed by atoms with van der Waals surface area (Å²) in [6.45, 7) is 5.28. The lowest BCUT2D eigenvalue weighted by molar-refractivity contribution is -0.135. The molecule has 0 unspecified atom stereocenters. The highest BCUT2D eigenvalue weighted by Crippen LogP contribution is 2.35. The molecule has 0 aliphatic carbocycles. The maximum absolute atomic E-state index is 13.9. The van der Waals surface area contributed by atoms with Crippen molar-refractivity contribution in [1.29, 1.82) is 0 Å². The Balaban J connectivity index is 1.39. The first-order chi connectivity index (χ1) is 18.7. The van der Waals surface area contributed by atoms with Gasteiger partial charge in [-0.3, -0.25) is 4.79 Å². The predicted octanol–water partition coefficient (Wildman–Crippen LogP) is 5.39. The van der Waals surface area contributed by atoms with E-state index in [1.54, 1.807) is 28.4 Å². The van der Waals surface area contributed by atoms with Gasteiger partial charge in [0.15, 0.2) is 0 Å². The summed E-state index contributed by atoms with van der Waals surface area (Å²) in [7, 11) is -3.95. The summed E-state index contributed by atoms with van der Waals surface area (Å²) in [5.41, 5.74) is 3.25. The smallest absolute Gasteiger partial charge is 0.243 e. The number of benzene rings is 2. The molecule has 0 bridgehead atoms. The summed E-state index contributed by atoms with van der Waals surface area (Å²) in [6.07, 6.45) is 2.12. The molecule has 2 aliphatic heterocycles. The fraction of sp³-hybridized carbons (Fsp3) is 0.414. The maximum Gasteiger partial charge on any atom is 0.243 e. The first-order valence-electron chi connectivity index (χ1n) is 13.2. The van der Waals surface area contributed by atoms with E-state index in [1.165, 1.54) is 21.3 Å². The molecular formula is C29H33ClN2O5S2. The molecule has 0 radical (unpaired) electrons. The number of sulfonamides is 1. The number of amides is 1. The Morgan fingerprint density at radius 2 is 1.97 bits per heavy atom. The van der Waals surface area contributed by atoms with Gasteiger partial charge in [0.1, 0.15) is 12.4 Å². The number of fused-ring (bicyclic) bond motifs is 1. The zero-order valence-electron chi connectivity index (χ0n) is 22.1. The molecule has 3 aromatic rings. The van der Waals surface area contributed by atoms with Gasteiger partial charge in [0, 0.05) is 29.6 Å². The monoisotopic (exact) mass is 588 g/mol. The van der Waals surface area contributed by atoms with Gasteiger partial charge >= 0.3 is 0 Å². The summed E-state index contributed by atoms with van der Waals surface area (Å²) < 4.78 is 40.7. The lowest BCUT2D eigenvalue weighted by Gasteiger charge is -2.37. The molecule has 10 heteroatoms. The van der Waals surface area contributed by atoms with E-state index in [-0.39, 0.29) is 42.6 Å². The van der Waals surface area contributed by atoms with Crippen LogP contribution in [0.4, 0.5) is 0 Å². The molecule has 208 valence electrons. The normalized spacial score (nSPS) is 19.3. The fourth-order valence-corrected chi connectivity index (χ4v) is 7.74. The first kappa shape index (κ1) is 28.1. The van der Waals surface area contributed by atoms with Crippen molar-refractivity contribution in [2.24, 2.45) is 0 Å². The average molecular weight is 589 g/mol. The highest BCUT2D eigenvalue weighted by molar-refractivity contribution is 7.89. The van der Waals surface area contributed by atoms with Crippen molar-refractivity contribution in [3.63, 3.8) is 0 Å². The lowest BCUT2D eigenvalue weighted by atomic mass is 10.0. The van der Waals surface area contributed by atoms with Crippen LogP contribution in [0.15, 0.2) is 58.8 Å². The number of rotatable bonds is 9. The largest absolute Gasteiger partial charge is 0.491 e. The molecule has 7 nitrogen and oxygen atoms in total. The van der Waals surface area contributed by atoms with Gasteiger partial charge in [-0.05, 0) is 86.0 Å². The van der Waals surface area contributed by atoms with Crippen LogP contribution in [0.1, 0.15) is 40.5 Å². The number of nitrogens with zero attached hydrogens (tertiary/aromatic N) is 2. The number of hydrogen-bond acceptors (Lipinski definition) is 6. The first-order valence-corrected chi connectivity index (χ1v) is 15.9. The summed E-state index contributed by atoms with van der Waals surface area (Å²) in [6, 6.07) is 13.8. The molecule has 1 amide bonds. The van der Waals surface area contributed by atoms with Crippen molar-refractivity contribution in [2.45, 2.75) is 50.2 Å². The second kappa shape index (κ2) is 12.0. The topological polar surface area (TPSA) is 76.2 Å². The number of hydrogen-bond donors (Lipinski definition) is 0. The van der Waals surface area contributed by atoms with Crippen molar-refractivity contribution < 1.29 is 22.7 Å². The minimum atomic E-state index is -3.95. The summed E-state index contributed by atoms with van der Waals surface area (Å²) in [5.74, 6) is 0.525. The van der Waals surface area contributed by atoms with Crippen LogP contribution < -0.4 is 4.74 Å². The SMILES string of the molecule is Cc1ccc(OC[C@@H]2c3ccsc3CCN2C(=O)CN(C[C@@H]2CCCO2)S(=O)(=O)c2ccc(Cl)cc2)c(C)c1. The van der Waals surface area contributed by atoms with Gasteiger partial charge in [0.2, 0.25) is 15.9 Å². The molecule has 2 aromatic carbocycles. The Labute approximate surface area is 239 Å². The van der Waals surface area contributed by atoms with E-state index < -0.39 is 10.0 Å². The Morgan fingerprint density at radius 3 is 2.69 bits per heavy atom. The predicted molar refractivity (Wildman–Crippen MR) is 153 cm³/mol. The van der Waals surface area contributed by atoms with E-state index >= 15 is 0 Å². The number of thiophene rings is 1. The third-order valence-corrected chi connectivity index (χ3v) is 10.4. The molecule has 3 heterocycles. The highest BCUT2D eigenvalue weighted by atomic mass is 35.5. The molecule has 5 rings (SSSR count). The number of carbonyl (C=O) groups excluding carboxylic acids is 1. The van der Waals surface area contributed by atoms with Gasteiger partial charge in [-0.2, -0.15) is 4.31 Å². The van der Waals surface area contributed by atoms with Crippen LogP contribution in [0, 0.1) is 13.8 Å². The number of ether oxygens (including phenoxy) is 2. The maximum atomic E-state index is 13.9. The van der Waals surface area contributed by atoms with Crippen molar-refractivity contribution in [2.75, 3.05) is 32.8 Å². The van der Waals surface area contributed by atoms with Crippen molar-refractivity contribution in [3.8, 4) is 5.75 Å². The Morgan fingerprint density at radius 1 is 1.18 bits per heavy atom. The third-order valence-electron chi connectivity index (χ3n) is 7.34. The van der Waals surface area contributed by atoms with Gasteiger partial charge < -0.3 is 14.4 Å². The van der Waals surface area contributed by atoms with Crippen LogP contribution in [0.2, 0.25) is 5.02 Å². The van der Waals surface area contributed by atoms with Crippen LogP contribution in [-0.2, 0) is 26.0 Å². The van der Waals surface area contributed by atoms with Crippen molar-refractivity contribution in [3.05, 3.63) is 80.5 Å². The zero-order chi connectivity index (χ0) is 27.6. The van der Waals surface area contributed by atoms with E-state index in [1.807, 2.05) is 37.4 Å². The van der Waals surface area contributed by atoms with Gasteiger partial charge in [-0.25, -0.2) is 8.42 Å². The van der Waals surface area contributed by atoms with Gasteiger partial charge in [-0.1, -0.05) is 29.3 Å². The van der Waals surface area contributed by atoms with Crippen LogP contribution in [0.5, 0.6) is 5.75 Å². The number of aryl methyl sites for hydroxylation is 2. The van der Waals surface area contributed by atoms with Crippen LogP contribution >= 0.6 is 22.9 Å². The van der Waals surface area contributed by atoms with E-state index in [2.05, 4.69) is 6.07 Å². The molecular weight excluding hydrogens is 556 g/mol. The fourth-order valence-electron chi connectivity index (χ4n) is 5.27. The summed E-state index contributed by atoms with van der Waals surface area (Å²) in [5, 5.41) is 2.49. The van der Waals surface area contributed by atoms with E-state index in [0.29, 0.717) is 18.2 Å². The molecule has 1 fully saturated rings. The molecule has 0 saturated carbocycles. The minimum Gasteiger partial charge on any atom is -0.491 e. The van der Waals surface area contributed by atoms with Crippen LogP contribution in [0.3, 0.4) is 0 Å². The van der Waals surface area contributed by atoms with Crippen molar-refractivity contribution in [1.82, 2.24) is 9.21 Å². The van der Waals surface area contributed by atoms with Gasteiger partial charge in [0.25, 0.3) is 0 Å². The van der Waals surface area contributed by atoms with E-state index in [4.69, 9.17) is 21.1 Å². The van der Waals surface area contributed by atoms with Crippen LogP contribution in [0.25, 0.3) is 0 Å². The molecule has 39 heavy (non-hydrogen) atoms. The zero-order valence-corrected chi connectivity index (χ0v) is 24.5. The standard InChI is InChI=1S/C29H33ClN2O5S2/c1-20-5-10-27(21(2)16-20)37-19-26-25-12-15-38-28(25)11-13-32(26)29(33)18-31(17-23-4-3-14-36-23)39(34,35)24-8-6-22(30)7-9-24/h5-10,12,15-16,23,26H,3-4,11,13-14,17-19H2,1-2H3/t23-,26+/m0/s1. The minimum absolute atomic E-state index is 0.103. The van der Waals surface area contributed by atoms with Gasteiger partial charge in [-0.15, -0.1) is 11.3 Å². The molecule has 0 N–H and O–H groups in total. The second-order valence-electron chi connectivity index (χ2n) is 10.1. The molecule has 0 spiro atoms. The average Bonchev–Trinajstić information content (AvgIpc) is 3.60. The lowest BCUT2D eigenvalue weighted by Crippen LogP contribution is -2.49. The Hall–Kier alpha value is -2.43. The highest BCUT2D eigenvalue weighted by Gasteiger charge is 2.36.